The molecule has 1 saturated heterocycles. The lowest BCUT2D eigenvalue weighted by atomic mass is 10.1. The van der Waals surface area contributed by atoms with Gasteiger partial charge in [0.15, 0.2) is 0 Å². The Morgan fingerprint density at radius 3 is 2.59 bits per heavy atom. The molecule has 0 saturated carbocycles. The second-order valence-electron chi connectivity index (χ2n) is 8.24. The monoisotopic (exact) mass is 368 g/mol. The first-order chi connectivity index (χ1) is 13.1. The van der Waals surface area contributed by atoms with E-state index in [0.29, 0.717) is 6.04 Å². The number of rotatable bonds is 6. The molecule has 27 heavy (non-hydrogen) atoms. The molecule has 1 aromatic heterocycles. The predicted molar refractivity (Wildman–Crippen MR) is 108 cm³/mol. The van der Waals surface area contributed by atoms with Gasteiger partial charge in [-0.2, -0.15) is 5.10 Å². The Bertz CT molecular complexity index is 777. The normalized spacial score (nSPS) is 18.2. The molecule has 0 bridgehead atoms. The molecule has 5 nitrogen and oxygen atoms in total. The molecule has 1 aromatic carbocycles. The third-order valence-corrected chi connectivity index (χ3v) is 5.81. The number of hydrogen-bond donors (Lipinski definition) is 0. The summed E-state index contributed by atoms with van der Waals surface area (Å²) in [5.41, 5.74) is 5.49. The first-order valence-electron chi connectivity index (χ1n) is 10.3. The van der Waals surface area contributed by atoms with Crippen LogP contribution in [0.3, 0.4) is 0 Å². The minimum atomic E-state index is 0.408. The van der Waals surface area contributed by atoms with Gasteiger partial charge in [-0.1, -0.05) is 18.6 Å². The van der Waals surface area contributed by atoms with Crippen molar-refractivity contribution < 1.29 is 4.74 Å². The molecular formula is C22H32N4O. The molecule has 0 amide bonds. The fraction of sp³-hybridized carbons (Fsp3) is 0.591. The molecule has 1 fully saturated rings. The van der Waals surface area contributed by atoms with Gasteiger partial charge in [0.1, 0.15) is 5.75 Å². The summed E-state index contributed by atoms with van der Waals surface area (Å²) in [4.78, 5) is 5.11. The van der Waals surface area contributed by atoms with Crippen molar-refractivity contribution in [3.63, 3.8) is 0 Å². The summed E-state index contributed by atoms with van der Waals surface area (Å²) in [5.74, 6) is 0.934. The fourth-order valence-electron chi connectivity index (χ4n) is 4.42. The zero-order valence-electron chi connectivity index (χ0n) is 16.9. The molecule has 0 spiro atoms. The number of benzene rings is 1. The van der Waals surface area contributed by atoms with Crippen molar-refractivity contribution in [3.05, 3.63) is 46.8 Å². The minimum absolute atomic E-state index is 0.408. The van der Waals surface area contributed by atoms with Gasteiger partial charge in [0.25, 0.3) is 0 Å². The smallest absolute Gasteiger partial charge is 0.119 e. The lowest BCUT2D eigenvalue weighted by Gasteiger charge is -2.26. The van der Waals surface area contributed by atoms with E-state index in [1.54, 1.807) is 7.11 Å². The molecule has 0 atom stereocenters. The van der Waals surface area contributed by atoms with Crippen LogP contribution in [0, 0.1) is 0 Å². The lowest BCUT2D eigenvalue weighted by molar-refractivity contribution is 0.214. The third kappa shape index (κ3) is 4.04. The van der Waals surface area contributed by atoms with Crippen LogP contribution in [-0.4, -0.2) is 39.8 Å². The molecule has 0 aliphatic carbocycles. The Morgan fingerprint density at radius 2 is 1.85 bits per heavy atom. The molecule has 3 heterocycles. The Balaban J connectivity index is 1.51. The number of nitrogens with zero attached hydrogens (tertiary/aromatic N) is 4. The molecule has 0 N–H and O–H groups in total. The van der Waals surface area contributed by atoms with E-state index in [1.165, 1.54) is 54.9 Å². The highest BCUT2D eigenvalue weighted by Crippen LogP contribution is 2.31. The van der Waals surface area contributed by atoms with Crippen LogP contribution in [-0.2, 0) is 26.2 Å². The summed E-state index contributed by atoms with van der Waals surface area (Å²) < 4.78 is 7.65. The minimum Gasteiger partial charge on any atom is -0.497 e. The topological polar surface area (TPSA) is 33.5 Å². The van der Waals surface area contributed by atoms with E-state index in [1.807, 2.05) is 6.07 Å². The van der Waals surface area contributed by atoms with Gasteiger partial charge in [-0.25, -0.2) is 0 Å². The van der Waals surface area contributed by atoms with E-state index in [2.05, 4.69) is 46.5 Å². The van der Waals surface area contributed by atoms with E-state index >= 15 is 0 Å². The first-order valence-corrected chi connectivity index (χ1v) is 10.3. The number of ether oxygens (including phenoxy) is 1. The van der Waals surface area contributed by atoms with Crippen LogP contribution in [0.15, 0.2) is 24.3 Å². The Hall–Kier alpha value is -1.85. The Morgan fingerprint density at radius 1 is 1.04 bits per heavy atom. The number of methoxy groups -OCH3 is 1. The van der Waals surface area contributed by atoms with Gasteiger partial charge in [0.2, 0.25) is 0 Å². The Labute approximate surface area is 162 Å². The molecule has 0 unspecified atom stereocenters. The maximum absolute atomic E-state index is 5.38. The lowest BCUT2D eigenvalue weighted by Crippen LogP contribution is -2.30. The van der Waals surface area contributed by atoms with Crippen LogP contribution >= 0.6 is 0 Å². The van der Waals surface area contributed by atoms with Gasteiger partial charge in [-0.05, 0) is 57.5 Å². The maximum Gasteiger partial charge on any atom is 0.119 e. The quantitative estimate of drug-likeness (QED) is 0.772. The van der Waals surface area contributed by atoms with Crippen molar-refractivity contribution in [2.75, 3.05) is 20.2 Å². The SMILES string of the molecule is COc1cccc(CN2Cc3c(CN4CCCCC4)nn(C(C)C)c3C2)c1. The summed E-state index contributed by atoms with van der Waals surface area (Å²) in [5, 5.41) is 5.02. The molecule has 2 aliphatic heterocycles. The summed E-state index contributed by atoms with van der Waals surface area (Å²) in [6.45, 7) is 10.9. The largest absolute Gasteiger partial charge is 0.497 e. The average molecular weight is 369 g/mol. The summed E-state index contributed by atoms with van der Waals surface area (Å²) >= 11 is 0. The van der Waals surface area contributed by atoms with E-state index in [9.17, 15) is 0 Å². The van der Waals surface area contributed by atoms with Crippen LogP contribution in [0.5, 0.6) is 5.75 Å². The number of hydrogen-bond acceptors (Lipinski definition) is 4. The molecule has 146 valence electrons. The van der Waals surface area contributed by atoms with Crippen LogP contribution in [0.1, 0.15) is 61.7 Å². The average Bonchev–Trinajstić information content (AvgIpc) is 3.22. The van der Waals surface area contributed by atoms with E-state index < -0.39 is 0 Å². The van der Waals surface area contributed by atoms with E-state index in [0.717, 1.165) is 31.9 Å². The fourth-order valence-corrected chi connectivity index (χ4v) is 4.42. The molecule has 2 aliphatic rings. The van der Waals surface area contributed by atoms with Crippen molar-refractivity contribution in [1.82, 2.24) is 19.6 Å². The van der Waals surface area contributed by atoms with Crippen molar-refractivity contribution in [1.29, 1.82) is 0 Å². The predicted octanol–water partition coefficient (Wildman–Crippen LogP) is 3.97. The van der Waals surface area contributed by atoms with Crippen LogP contribution in [0.4, 0.5) is 0 Å². The first kappa shape index (κ1) is 18.5. The highest BCUT2D eigenvalue weighted by molar-refractivity contribution is 5.32. The molecule has 2 aromatic rings. The highest BCUT2D eigenvalue weighted by atomic mass is 16.5. The summed E-state index contributed by atoms with van der Waals surface area (Å²) in [6.07, 6.45) is 4.04. The van der Waals surface area contributed by atoms with Gasteiger partial charge in [0.05, 0.1) is 18.5 Å². The maximum atomic E-state index is 5.38. The molecule has 5 heteroatoms. The molecular weight excluding hydrogens is 336 g/mol. The van der Waals surface area contributed by atoms with Crippen LogP contribution < -0.4 is 4.74 Å². The van der Waals surface area contributed by atoms with E-state index in [-0.39, 0.29) is 0 Å². The number of likely N-dealkylation sites (tertiary alicyclic amines) is 1. The zero-order valence-corrected chi connectivity index (χ0v) is 16.9. The Kier molecular flexibility index (Phi) is 5.50. The van der Waals surface area contributed by atoms with Crippen molar-refractivity contribution in [3.8, 4) is 5.75 Å². The molecule has 0 radical (unpaired) electrons. The summed E-state index contributed by atoms with van der Waals surface area (Å²) in [6, 6.07) is 8.83. The van der Waals surface area contributed by atoms with Gasteiger partial charge >= 0.3 is 0 Å². The van der Waals surface area contributed by atoms with Gasteiger partial charge in [-0.3, -0.25) is 14.5 Å². The van der Waals surface area contributed by atoms with Crippen LogP contribution in [0.2, 0.25) is 0 Å². The van der Waals surface area contributed by atoms with Crippen molar-refractivity contribution in [2.24, 2.45) is 0 Å². The standard InChI is InChI=1S/C22H32N4O/c1-17(2)26-22-16-25(13-18-8-7-9-19(12-18)27-3)14-20(22)21(23-26)15-24-10-5-4-6-11-24/h7-9,12,17H,4-6,10-11,13-16H2,1-3H3. The van der Waals surface area contributed by atoms with Crippen molar-refractivity contribution in [2.45, 2.75) is 65.3 Å². The second-order valence-corrected chi connectivity index (χ2v) is 8.24. The van der Waals surface area contributed by atoms with E-state index in [4.69, 9.17) is 9.84 Å². The number of piperidine rings is 1. The van der Waals surface area contributed by atoms with Crippen LogP contribution in [0.25, 0.3) is 0 Å². The van der Waals surface area contributed by atoms with Gasteiger partial charge < -0.3 is 4.74 Å². The zero-order chi connectivity index (χ0) is 18.8. The number of aromatic nitrogens is 2. The number of fused-ring (bicyclic) bond motifs is 1. The second kappa shape index (κ2) is 8.03. The summed E-state index contributed by atoms with van der Waals surface area (Å²) in [7, 11) is 1.73. The van der Waals surface area contributed by atoms with Crippen molar-refractivity contribution >= 4 is 0 Å². The van der Waals surface area contributed by atoms with Gasteiger partial charge in [-0.15, -0.1) is 0 Å². The highest BCUT2D eigenvalue weighted by Gasteiger charge is 2.29. The molecule has 4 rings (SSSR count). The van der Waals surface area contributed by atoms with Gasteiger partial charge in [0, 0.05) is 37.8 Å². The third-order valence-electron chi connectivity index (χ3n) is 5.81.